The molecule has 0 saturated heterocycles. The first-order valence-electron chi connectivity index (χ1n) is 21.6. The predicted octanol–water partition coefficient (Wildman–Crippen LogP) is 10.9. The highest BCUT2D eigenvalue weighted by molar-refractivity contribution is 7.45. The molecule has 0 rings (SSSR count). The Labute approximate surface area is 316 Å². The number of nitrogens with zero attached hydrogens (tertiary/aromatic N) is 1. The van der Waals surface area contributed by atoms with Gasteiger partial charge in [0.1, 0.15) is 13.2 Å². The molecule has 0 radical (unpaired) electrons. The van der Waals surface area contributed by atoms with E-state index in [1.54, 1.807) is 6.08 Å². The van der Waals surface area contributed by atoms with Gasteiger partial charge in [0.05, 0.1) is 39.9 Å². The van der Waals surface area contributed by atoms with Crippen LogP contribution in [0.15, 0.2) is 12.2 Å². The summed E-state index contributed by atoms with van der Waals surface area (Å²) in [4.78, 5) is 24.6. The van der Waals surface area contributed by atoms with Gasteiger partial charge in [-0.3, -0.25) is 9.36 Å². The van der Waals surface area contributed by atoms with E-state index in [0.717, 1.165) is 32.1 Å². The van der Waals surface area contributed by atoms with Crippen molar-refractivity contribution in [3.8, 4) is 0 Å². The van der Waals surface area contributed by atoms with Crippen LogP contribution in [0.5, 0.6) is 0 Å². The maximum absolute atomic E-state index is 12.3. The van der Waals surface area contributed by atoms with Gasteiger partial charge in [-0.05, 0) is 19.3 Å². The van der Waals surface area contributed by atoms with Crippen molar-refractivity contribution in [2.24, 2.45) is 0 Å². The first-order valence-corrected chi connectivity index (χ1v) is 23.0. The minimum Gasteiger partial charge on any atom is -0.756 e. The molecule has 0 fully saturated rings. The van der Waals surface area contributed by atoms with Crippen LogP contribution in [0.4, 0.5) is 0 Å². The Morgan fingerprint density at radius 1 is 0.667 bits per heavy atom. The molecule has 0 aromatic rings. The fourth-order valence-corrected chi connectivity index (χ4v) is 6.97. The topological polar surface area (TPSA) is 108 Å². The Kier molecular flexibility index (Phi) is 34.5. The minimum absolute atomic E-state index is 0.000128. The Morgan fingerprint density at radius 2 is 1.06 bits per heavy atom. The summed E-state index contributed by atoms with van der Waals surface area (Å²) >= 11 is 0. The number of nitrogens with one attached hydrogen (secondary N) is 1. The summed E-state index contributed by atoms with van der Waals surface area (Å²) in [6.45, 7) is 4.40. The van der Waals surface area contributed by atoms with Gasteiger partial charge in [0.15, 0.2) is 0 Å². The number of carbonyl (C=O) groups is 1. The molecule has 0 aromatic heterocycles. The molecule has 304 valence electrons. The summed E-state index contributed by atoms with van der Waals surface area (Å²) in [5.41, 5.74) is 0. The zero-order valence-electron chi connectivity index (χ0n) is 34.3. The zero-order chi connectivity index (χ0) is 37.9. The molecule has 0 bridgehead atoms. The van der Waals surface area contributed by atoms with Crippen molar-refractivity contribution >= 4 is 13.7 Å². The molecule has 0 spiro atoms. The average molecular weight is 745 g/mol. The van der Waals surface area contributed by atoms with Crippen molar-refractivity contribution in [3.63, 3.8) is 0 Å². The maximum Gasteiger partial charge on any atom is 0.268 e. The van der Waals surface area contributed by atoms with E-state index >= 15 is 0 Å². The molecular formula is C42H85N2O6P. The third-order valence-electron chi connectivity index (χ3n) is 9.75. The van der Waals surface area contributed by atoms with Gasteiger partial charge in [-0.15, -0.1) is 0 Å². The number of carbonyl (C=O) groups excluding carboxylic acids is 1. The third-order valence-corrected chi connectivity index (χ3v) is 10.7. The molecule has 3 unspecified atom stereocenters. The van der Waals surface area contributed by atoms with Crippen molar-refractivity contribution in [2.45, 2.75) is 212 Å². The number of quaternary nitrogens is 1. The van der Waals surface area contributed by atoms with E-state index in [1.165, 1.54) is 148 Å². The number of aliphatic hydroxyl groups is 1. The van der Waals surface area contributed by atoms with E-state index < -0.39 is 20.0 Å². The average Bonchev–Trinajstić information content (AvgIpc) is 3.08. The van der Waals surface area contributed by atoms with E-state index in [4.69, 9.17) is 9.05 Å². The predicted molar refractivity (Wildman–Crippen MR) is 215 cm³/mol. The zero-order valence-corrected chi connectivity index (χ0v) is 35.2. The molecule has 51 heavy (non-hydrogen) atoms. The van der Waals surface area contributed by atoms with Crippen molar-refractivity contribution in [1.29, 1.82) is 0 Å². The number of unbranched alkanes of at least 4 members (excludes halogenated alkanes) is 26. The van der Waals surface area contributed by atoms with Crippen LogP contribution in [0.2, 0.25) is 0 Å². The van der Waals surface area contributed by atoms with Gasteiger partial charge in [0, 0.05) is 6.42 Å². The molecule has 2 N–H and O–H groups in total. The highest BCUT2D eigenvalue weighted by Gasteiger charge is 2.23. The monoisotopic (exact) mass is 745 g/mol. The van der Waals surface area contributed by atoms with Crippen molar-refractivity contribution in [1.82, 2.24) is 5.32 Å². The SMILES string of the molecule is CCCCCCCCCCCCCCCCCCCCCCCCCCC/C=C/C(O)C(COP(=O)([O-])OCC[N+](C)(C)C)NC(=O)CCCC. The fourth-order valence-electron chi connectivity index (χ4n) is 6.25. The fraction of sp³-hybridized carbons (Fsp3) is 0.929. The second-order valence-corrected chi connectivity index (χ2v) is 17.5. The van der Waals surface area contributed by atoms with E-state index in [-0.39, 0.29) is 19.1 Å². The maximum atomic E-state index is 12.3. The van der Waals surface area contributed by atoms with Crippen LogP contribution in [0.25, 0.3) is 0 Å². The van der Waals surface area contributed by atoms with E-state index in [9.17, 15) is 19.4 Å². The number of likely N-dealkylation sites (N-methyl/N-ethyl adjacent to an activating group) is 1. The van der Waals surface area contributed by atoms with Crippen LogP contribution < -0.4 is 10.2 Å². The quantitative estimate of drug-likeness (QED) is 0.0281. The number of rotatable bonds is 39. The molecule has 0 heterocycles. The van der Waals surface area contributed by atoms with Crippen LogP contribution in [0, 0.1) is 0 Å². The van der Waals surface area contributed by atoms with Gasteiger partial charge >= 0.3 is 0 Å². The highest BCUT2D eigenvalue weighted by atomic mass is 31.2. The molecule has 3 atom stereocenters. The molecule has 8 nitrogen and oxygen atoms in total. The van der Waals surface area contributed by atoms with E-state index in [2.05, 4.69) is 12.2 Å². The van der Waals surface area contributed by atoms with Crippen LogP contribution in [-0.2, 0) is 18.4 Å². The number of hydrogen-bond donors (Lipinski definition) is 2. The molecule has 0 aliphatic heterocycles. The Balaban J connectivity index is 3.85. The first kappa shape index (κ1) is 50.2. The van der Waals surface area contributed by atoms with Gasteiger partial charge in [0.25, 0.3) is 7.82 Å². The first-order chi connectivity index (χ1) is 24.5. The van der Waals surface area contributed by atoms with Crippen molar-refractivity contribution in [3.05, 3.63) is 12.2 Å². The summed E-state index contributed by atoms with van der Waals surface area (Å²) in [5, 5.41) is 13.5. The number of aliphatic hydroxyl groups excluding tert-OH is 1. The molecule has 9 heteroatoms. The lowest BCUT2D eigenvalue weighted by molar-refractivity contribution is -0.870. The summed E-state index contributed by atoms with van der Waals surface area (Å²) in [6, 6.07) is -0.876. The summed E-state index contributed by atoms with van der Waals surface area (Å²) in [7, 11) is 1.26. The number of allylic oxidation sites excluding steroid dienone is 1. The number of phosphoric ester groups is 1. The minimum atomic E-state index is -4.56. The summed E-state index contributed by atoms with van der Waals surface area (Å²) in [5.74, 6) is -0.232. The normalized spacial score (nSPS) is 14.6. The standard InChI is InChI=1S/C42H85N2O6P/c1-6-8-10-11-12-13-14-15-16-17-18-19-20-21-22-23-24-25-26-27-28-29-30-31-32-33-34-35-41(45)40(43-42(46)36-9-7-2)39-50-51(47,48)49-38-37-44(3,4)5/h34-35,40-41,45H,6-33,36-39H2,1-5H3,(H-,43,46,47,48)/b35-34+. The van der Waals surface area contributed by atoms with E-state index in [0.29, 0.717) is 17.4 Å². The van der Waals surface area contributed by atoms with Crippen LogP contribution >= 0.6 is 7.82 Å². The summed E-state index contributed by atoms with van der Waals surface area (Å²) < 4.78 is 22.8. The molecule has 1 amide bonds. The number of phosphoric acid groups is 1. The van der Waals surface area contributed by atoms with Gasteiger partial charge in [-0.2, -0.15) is 0 Å². The Morgan fingerprint density at radius 3 is 1.45 bits per heavy atom. The smallest absolute Gasteiger partial charge is 0.268 e. The number of hydrogen-bond acceptors (Lipinski definition) is 6. The third kappa shape index (κ3) is 37.4. The molecule has 0 aromatic carbocycles. The van der Waals surface area contributed by atoms with Gasteiger partial charge < -0.3 is 28.8 Å². The second kappa shape index (κ2) is 35.0. The molecular weight excluding hydrogens is 659 g/mol. The van der Waals surface area contributed by atoms with Gasteiger partial charge in [-0.25, -0.2) is 0 Å². The summed E-state index contributed by atoms with van der Waals surface area (Å²) in [6.07, 6.45) is 39.7. The largest absolute Gasteiger partial charge is 0.756 e. The highest BCUT2D eigenvalue weighted by Crippen LogP contribution is 2.38. The molecule has 0 saturated carbocycles. The van der Waals surface area contributed by atoms with E-state index in [1.807, 2.05) is 34.1 Å². The number of amides is 1. The Bertz CT molecular complexity index is 850. The van der Waals surface area contributed by atoms with Crippen LogP contribution in [0.3, 0.4) is 0 Å². The Hall–Kier alpha value is -0.760. The lowest BCUT2D eigenvalue weighted by Gasteiger charge is -2.29. The van der Waals surface area contributed by atoms with Gasteiger partial charge in [-0.1, -0.05) is 187 Å². The van der Waals surface area contributed by atoms with Crippen molar-refractivity contribution < 1.29 is 32.9 Å². The molecule has 0 aliphatic rings. The lowest BCUT2D eigenvalue weighted by atomic mass is 10.0. The van der Waals surface area contributed by atoms with Crippen LogP contribution in [0.1, 0.15) is 200 Å². The van der Waals surface area contributed by atoms with Gasteiger partial charge in [0.2, 0.25) is 5.91 Å². The molecule has 0 aliphatic carbocycles. The van der Waals surface area contributed by atoms with Crippen molar-refractivity contribution in [2.75, 3.05) is 40.9 Å². The van der Waals surface area contributed by atoms with Crippen LogP contribution in [-0.4, -0.2) is 68.5 Å². The lowest BCUT2D eigenvalue weighted by Crippen LogP contribution is -2.45. The second-order valence-electron chi connectivity index (χ2n) is 16.1.